The van der Waals surface area contributed by atoms with E-state index in [4.69, 9.17) is 33.3 Å². The van der Waals surface area contributed by atoms with Crippen LogP contribution in [0.5, 0.6) is 0 Å². The molecule has 200 valence electrons. The Morgan fingerprint density at radius 1 is 1.11 bits per heavy atom. The molecule has 0 radical (unpaired) electrons. The third-order valence-electron chi connectivity index (χ3n) is 6.74. The van der Waals surface area contributed by atoms with Gasteiger partial charge in [0.15, 0.2) is 5.82 Å². The molecule has 0 saturated carbocycles. The van der Waals surface area contributed by atoms with Crippen molar-refractivity contribution >= 4 is 47.4 Å². The minimum absolute atomic E-state index is 0.0480. The SMILES string of the molecule is CC(C)(C)CC(=O)N1CC2(C1)OCc1cc(C(=N)CC(S)(c3cc(Cl)c(F)c(Cl)c3)C(F)(F)F)ccc12. The predicted molar refractivity (Wildman–Crippen MR) is 138 cm³/mol. The quantitative estimate of drug-likeness (QED) is 0.170. The maximum Gasteiger partial charge on any atom is 0.407 e. The maximum absolute atomic E-state index is 14.2. The molecule has 2 aromatic carbocycles. The van der Waals surface area contributed by atoms with E-state index in [0.29, 0.717) is 19.5 Å². The molecule has 0 bridgehead atoms. The van der Waals surface area contributed by atoms with Gasteiger partial charge in [-0.25, -0.2) is 4.39 Å². The molecule has 1 amide bonds. The summed E-state index contributed by atoms with van der Waals surface area (Å²) in [7, 11) is 0. The van der Waals surface area contributed by atoms with Gasteiger partial charge in [0.25, 0.3) is 0 Å². The zero-order chi connectivity index (χ0) is 27.6. The first-order valence-corrected chi connectivity index (χ1v) is 12.7. The molecule has 4 nitrogen and oxygen atoms in total. The van der Waals surface area contributed by atoms with Crippen LogP contribution in [0, 0.1) is 16.6 Å². The molecular formula is C26H26Cl2F4N2O2S. The number of carbonyl (C=O) groups excluding carboxylic acids is 1. The van der Waals surface area contributed by atoms with Gasteiger partial charge in [0.05, 0.1) is 29.7 Å². The summed E-state index contributed by atoms with van der Waals surface area (Å²) < 4.78 is 59.7. The van der Waals surface area contributed by atoms with Gasteiger partial charge < -0.3 is 15.0 Å². The summed E-state index contributed by atoms with van der Waals surface area (Å²) in [6, 6.07) is 6.63. The lowest BCUT2D eigenvalue weighted by molar-refractivity contribution is -0.170. The molecule has 1 unspecified atom stereocenters. The number of halogens is 6. The van der Waals surface area contributed by atoms with E-state index >= 15 is 0 Å². The average molecular weight is 577 g/mol. The summed E-state index contributed by atoms with van der Waals surface area (Å²) in [5.74, 6) is -0.978. The second kappa shape index (κ2) is 9.43. The van der Waals surface area contributed by atoms with Crippen LogP contribution in [0.15, 0.2) is 30.3 Å². The van der Waals surface area contributed by atoms with Crippen LogP contribution in [-0.4, -0.2) is 35.8 Å². The van der Waals surface area contributed by atoms with Crippen molar-refractivity contribution in [2.75, 3.05) is 13.1 Å². The van der Waals surface area contributed by atoms with Crippen molar-refractivity contribution in [3.63, 3.8) is 0 Å². The van der Waals surface area contributed by atoms with E-state index in [-0.39, 0.29) is 29.2 Å². The Morgan fingerprint density at radius 2 is 1.70 bits per heavy atom. The lowest BCUT2D eigenvalue weighted by atomic mass is 9.82. The molecule has 0 aromatic heterocycles. The summed E-state index contributed by atoms with van der Waals surface area (Å²) in [6.45, 7) is 7.03. The minimum atomic E-state index is -4.90. The summed E-state index contributed by atoms with van der Waals surface area (Å²) in [4.78, 5) is 14.3. The zero-order valence-corrected chi connectivity index (χ0v) is 22.8. The number of fused-ring (bicyclic) bond motifs is 2. The number of likely N-dealkylation sites (tertiary alicyclic amines) is 1. The van der Waals surface area contributed by atoms with Crippen LogP contribution in [0.1, 0.15) is 55.9 Å². The summed E-state index contributed by atoms with van der Waals surface area (Å²) in [5, 5.41) is 7.35. The fourth-order valence-corrected chi connectivity index (χ4v) is 5.51. The van der Waals surface area contributed by atoms with E-state index in [9.17, 15) is 22.4 Å². The van der Waals surface area contributed by atoms with Gasteiger partial charge in [-0.1, -0.05) is 56.1 Å². The fourth-order valence-electron chi connectivity index (χ4n) is 4.73. The summed E-state index contributed by atoms with van der Waals surface area (Å²) in [6.07, 6.45) is -5.31. The van der Waals surface area contributed by atoms with Crippen LogP contribution in [0.3, 0.4) is 0 Å². The van der Waals surface area contributed by atoms with Crippen LogP contribution in [0.4, 0.5) is 17.6 Å². The molecule has 4 rings (SSSR count). The van der Waals surface area contributed by atoms with E-state index in [1.807, 2.05) is 20.8 Å². The molecule has 2 aliphatic heterocycles. The third-order valence-corrected chi connectivity index (χ3v) is 7.96. The molecule has 1 N–H and O–H groups in total. The minimum Gasteiger partial charge on any atom is -0.362 e. The smallest absolute Gasteiger partial charge is 0.362 e. The number of amides is 1. The lowest BCUT2D eigenvalue weighted by Crippen LogP contribution is -2.61. The number of hydrogen-bond donors (Lipinski definition) is 2. The maximum atomic E-state index is 14.2. The van der Waals surface area contributed by atoms with Crippen LogP contribution >= 0.6 is 35.8 Å². The highest BCUT2D eigenvalue weighted by molar-refractivity contribution is 7.81. The van der Waals surface area contributed by atoms with Crippen molar-refractivity contribution < 1.29 is 27.1 Å². The van der Waals surface area contributed by atoms with Crippen molar-refractivity contribution in [3.05, 3.63) is 68.4 Å². The van der Waals surface area contributed by atoms with Crippen molar-refractivity contribution in [2.45, 2.75) is 56.7 Å². The Labute approximate surface area is 228 Å². The second-order valence-electron chi connectivity index (χ2n) is 10.9. The molecule has 1 saturated heterocycles. The number of rotatable bonds is 5. The molecule has 1 spiro atoms. The van der Waals surface area contributed by atoms with Crippen molar-refractivity contribution in [2.24, 2.45) is 5.41 Å². The molecule has 2 heterocycles. The number of hydrogen-bond acceptors (Lipinski definition) is 4. The Morgan fingerprint density at radius 3 is 2.24 bits per heavy atom. The van der Waals surface area contributed by atoms with E-state index < -0.39 is 44.4 Å². The zero-order valence-electron chi connectivity index (χ0n) is 20.4. The fraction of sp³-hybridized carbons (Fsp3) is 0.462. The highest BCUT2D eigenvalue weighted by atomic mass is 35.5. The number of nitrogens with one attached hydrogen (secondary N) is 1. The first-order chi connectivity index (χ1) is 17.0. The van der Waals surface area contributed by atoms with Crippen molar-refractivity contribution in [3.8, 4) is 0 Å². The molecule has 2 aliphatic rings. The lowest BCUT2D eigenvalue weighted by Gasteiger charge is -2.48. The number of alkyl halides is 3. The molecular weight excluding hydrogens is 551 g/mol. The summed E-state index contributed by atoms with van der Waals surface area (Å²) >= 11 is 15.4. The van der Waals surface area contributed by atoms with Crippen LogP contribution in [0.2, 0.25) is 10.0 Å². The van der Waals surface area contributed by atoms with Crippen LogP contribution in [-0.2, 0) is 26.5 Å². The number of benzene rings is 2. The Balaban J connectivity index is 1.55. The van der Waals surface area contributed by atoms with E-state index in [1.54, 1.807) is 23.1 Å². The predicted octanol–water partition coefficient (Wildman–Crippen LogP) is 7.28. The second-order valence-corrected chi connectivity index (χ2v) is 12.5. The molecule has 37 heavy (non-hydrogen) atoms. The van der Waals surface area contributed by atoms with E-state index in [2.05, 4.69) is 12.6 Å². The van der Waals surface area contributed by atoms with E-state index in [1.165, 1.54) is 0 Å². The molecule has 11 heteroatoms. The average Bonchev–Trinajstić information content (AvgIpc) is 3.13. The van der Waals surface area contributed by atoms with Crippen LogP contribution in [0.25, 0.3) is 0 Å². The third kappa shape index (κ3) is 5.24. The number of thiol groups is 1. The topological polar surface area (TPSA) is 53.4 Å². The highest BCUT2D eigenvalue weighted by Crippen LogP contribution is 2.50. The first kappa shape index (κ1) is 28.2. The van der Waals surface area contributed by atoms with Gasteiger partial charge in [0.2, 0.25) is 5.91 Å². The van der Waals surface area contributed by atoms with Gasteiger partial charge in [0.1, 0.15) is 10.3 Å². The Kier molecular flexibility index (Phi) is 7.19. The van der Waals surface area contributed by atoms with Gasteiger partial charge in [-0.2, -0.15) is 25.8 Å². The normalized spacial score (nSPS) is 18.4. The van der Waals surface area contributed by atoms with Gasteiger partial charge >= 0.3 is 6.18 Å². The Bertz CT molecular complexity index is 1250. The monoisotopic (exact) mass is 576 g/mol. The van der Waals surface area contributed by atoms with Crippen LogP contribution < -0.4 is 0 Å². The number of nitrogens with zero attached hydrogens (tertiary/aromatic N) is 1. The van der Waals surface area contributed by atoms with Crippen molar-refractivity contribution in [1.29, 1.82) is 5.41 Å². The Hall–Kier alpha value is -1.81. The first-order valence-electron chi connectivity index (χ1n) is 11.5. The van der Waals surface area contributed by atoms with Crippen molar-refractivity contribution in [1.82, 2.24) is 4.90 Å². The number of carbonyl (C=O) groups is 1. The molecule has 0 aliphatic carbocycles. The van der Waals surface area contributed by atoms with Gasteiger partial charge in [-0.05, 0) is 45.9 Å². The summed E-state index contributed by atoms with van der Waals surface area (Å²) in [5.41, 5.74) is 0.368. The van der Waals surface area contributed by atoms with Gasteiger partial charge in [-0.3, -0.25) is 4.79 Å². The van der Waals surface area contributed by atoms with Gasteiger partial charge in [0, 0.05) is 18.6 Å². The highest BCUT2D eigenvalue weighted by Gasteiger charge is 2.55. The largest absolute Gasteiger partial charge is 0.407 e. The number of ether oxygens (including phenoxy) is 1. The van der Waals surface area contributed by atoms with E-state index in [0.717, 1.165) is 23.3 Å². The molecule has 1 atom stereocenters. The van der Waals surface area contributed by atoms with Gasteiger partial charge in [-0.15, -0.1) is 0 Å². The molecule has 1 fully saturated rings. The molecule has 2 aromatic rings. The standard InChI is InChI=1S/C26H26Cl2F4N2O2S/c1-23(2,3)10-21(35)34-12-24(13-34)17-5-4-14(6-15(17)11-36-24)20(33)9-25(37,26(30,31)32)16-7-18(27)22(29)19(28)8-16/h4-8,33,37H,9-13H2,1-3H3.